The van der Waals surface area contributed by atoms with Gasteiger partial charge in [-0.05, 0) is 25.0 Å². The van der Waals surface area contributed by atoms with E-state index in [1.807, 2.05) is 45.9 Å². The molecule has 3 heteroatoms. The maximum Gasteiger partial charge on any atom is 0.338 e. The SMILES string of the molecule is CC.COC(=O)c1c(C)cnc2c(C)cccc12. The van der Waals surface area contributed by atoms with Gasteiger partial charge in [0.05, 0.1) is 18.2 Å². The Balaban J connectivity index is 0.000000771. The first kappa shape index (κ1) is 14.2. The maximum atomic E-state index is 11.7. The molecule has 1 aromatic heterocycles. The lowest BCUT2D eigenvalue weighted by molar-refractivity contribution is 0.0602. The van der Waals surface area contributed by atoms with Gasteiger partial charge in [-0.1, -0.05) is 32.0 Å². The molecule has 96 valence electrons. The van der Waals surface area contributed by atoms with E-state index in [-0.39, 0.29) is 5.97 Å². The number of methoxy groups -OCH3 is 1. The Kier molecular flexibility index (Phi) is 4.84. The number of carbonyl (C=O) groups excluding carboxylic acids is 1. The molecule has 1 aromatic carbocycles. The number of pyridine rings is 1. The normalized spacial score (nSPS) is 9.61. The zero-order chi connectivity index (χ0) is 13.7. The van der Waals surface area contributed by atoms with Gasteiger partial charge in [0, 0.05) is 11.6 Å². The maximum absolute atomic E-state index is 11.7. The van der Waals surface area contributed by atoms with Crippen molar-refractivity contribution in [2.45, 2.75) is 27.7 Å². The van der Waals surface area contributed by atoms with E-state index < -0.39 is 0 Å². The van der Waals surface area contributed by atoms with Gasteiger partial charge >= 0.3 is 5.97 Å². The lowest BCUT2D eigenvalue weighted by Gasteiger charge is -2.08. The molecular weight excluding hydrogens is 226 g/mol. The van der Waals surface area contributed by atoms with Crippen LogP contribution < -0.4 is 0 Å². The average Bonchev–Trinajstić information content (AvgIpc) is 2.40. The van der Waals surface area contributed by atoms with Gasteiger partial charge in [0.2, 0.25) is 0 Å². The predicted molar refractivity (Wildman–Crippen MR) is 73.9 cm³/mol. The van der Waals surface area contributed by atoms with Crippen LogP contribution in [0, 0.1) is 13.8 Å². The van der Waals surface area contributed by atoms with Gasteiger partial charge in [0.15, 0.2) is 0 Å². The van der Waals surface area contributed by atoms with Gasteiger partial charge in [-0.15, -0.1) is 0 Å². The molecule has 0 aliphatic carbocycles. The Labute approximate surface area is 108 Å². The van der Waals surface area contributed by atoms with Gasteiger partial charge in [-0.25, -0.2) is 4.79 Å². The van der Waals surface area contributed by atoms with Crippen LogP contribution in [0.15, 0.2) is 24.4 Å². The number of esters is 1. The van der Waals surface area contributed by atoms with E-state index in [4.69, 9.17) is 4.74 Å². The Hall–Kier alpha value is -1.90. The summed E-state index contributed by atoms with van der Waals surface area (Å²) in [6.45, 7) is 7.84. The highest BCUT2D eigenvalue weighted by Crippen LogP contribution is 2.23. The van der Waals surface area contributed by atoms with Gasteiger partial charge in [0.25, 0.3) is 0 Å². The topological polar surface area (TPSA) is 39.2 Å². The summed E-state index contributed by atoms with van der Waals surface area (Å²) in [5.41, 5.74) is 3.36. The third-order valence-electron chi connectivity index (χ3n) is 2.68. The third kappa shape index (κ3) is 2.50. The lowest BCUT2D eigenvalue weighted by atomic mass is 10.0. The van der Waals surface area contributed by atoms with E-state index in [1.54, 1.807) is 6.20 Å². The van der Waals surface area contributed by atoms with E-state index in [2.05, 4.69) is 4.98 Å². The van der Waals surface area contributed by atoms with Crippen LogP contribution in [0.25, 0.3) is 10.9 Å². The fourth-order valence-electron chi connectivity index (χ4n) is 1.84. The number of para-hydroxylation sites is 1. The molecule has 0 atom stereocenters. The molecule has 0 N–H and O–H groups in total. The van der Waals surface area contributed by atoms with Crippen molar-refractivity contribution in [1.29, 1.82) is 0 Å². The van der Waals surface area contributed by atoms with Crippen molar-refractivity contribution in [3.8, 4) is 0 Å². The molecule has 0 spiro atoms. The molecule has 0 amide bonds. The van der Waals surface area contributed by atoms with Gasteiger partial charge in [-0.2, -0.15) is 0 Å². The van der Waals surface area contributed by atoms with Gasteiger partial charge in [-0.3, -0.25) is 4.98 Å². The summed E-state index contributed by atoms with van der Waals surface area (Å²) in [5.74, 6) is -0.310. The number of aromatic nitrogens is 1. The highest BCUT2D eigenvalue weighted by molar-refractivity contribution is 6.05. The van der Waals surface area contributed by atoms with Crippen LogP contribution in [0.5, 0.6) is 0 Å². The minimum Gasteiger partial charge on any atom is -0.465 e. The van der Waals surface area contributed by atoms with Crippen LogP contribution in [0.2, 0.25) is 0 Å². The molecule has 0 fully saturated rings. The number of hydrogen-bond acceptors (Lipinski definition) is 3. The first-order chi connectivity index (χ1) is 8.65. The standard InChI is InChI=1S/C13H13NO2.C2H6/c1-8-5-4-6-10-11(13(15)16-3)9(2)7-14-12(8)10;1-2/h4-7H,1-3H3;1-2H3. The monoisotopic (exact) mass is 245 g/mol. The van der Waals surface area contributed by atoms with Crippen molar-refractivity contribution in [2.75, 3.05) is 7.11 Å². The summed E-state index contributed by atoms with van der Waals surface area (Å²) >= 11 is 0. The van der Waals surface area contributed by atoms with Crippen molar-refractivity contribution < 1.29 is 9.53 Å². The average molecular weight is 245 g/mol. The van der Waals surface area contributed by atoms with Crippen LogP contribution in [-0.4, -0.2) is 18.1 Å². The quantitative estimate of drug-likeness (QED) is 0.720. The van der Waals surface area contributed by atoms with Gasteiger partial charge < -0.3 is 4.74 Å². The molecule has 3 nitrogen and oxygen atoms in total. The largest absolute Gasteiger partial charge is 0.465 e. The van der Waals surface area contributed by atoms with Crippen LogP contribution in [0.1, 0.15) is 35.3 Å². The number of hydrogen-bond donors (Lipinski definition) is 0. The Bertz CT molecular complexity index is 562. The van der Waals surface area contributed by atoms with E-state index in [9.17, 15) is 4.79 Å². The smallest absolute Gasteiger partial charge is 0.338 e. The number of rotatable bonds is 1. The van der Waals surface area contributed by atoms with Crippen molar-refractivity contribution in [1.82, 2.24) is 4.98 Å². The molecule has 2 rings (SSSR count). The summed E-state index contributed by atoms with van der Waals surface area (Å²) in [5, 5.41) is 0.854. The van der Waals surface area contributed by atoms with E-state index in [0.717, 1.165) is 22.0 Å². The van der Waals surface area contributed by atoms with Crippen LogP contribution >= 0.6 is 0 Å². The number of ether oxygens (including phenoxy) is 1. The van der Waals surface area contributed by atoms with E-state index in [0.29, 0.717) is 5.56 Å². The second-order valence-electron chi connectivity index (χ2n) is 3.78. The van der Waals surface area contributed by atoms with Crippen molar-refractivity contribution in [3.05, 3.63) is 41.1 Å². The second-order valence-corrected chi connectivity index (χ2v) is 3.78. The van der Waals surface area contributed by atoms with Crippen molar-refractivity contribution in [3.63, 3.8) is 0 Å². The molecule has 0 saturated heterocycles. The predicted octanol–water partition coefficient (Wildman–Crippen LogP) is 3.66. The minimum atomic E-state index is -0.310. The Morgan fingerprint density at radius 2 is 1.83 bits per heavy atom. The molecule has 0 saturated carbocycles. The van der Waals surface area contributed by atoms with E-state index >= 15 is 0 Å². The lowest BCUT2D eigenvalue weighted by Crippen LogP contribution is -2.06. The molecule has 18 heavy (non-hydrogen) atoms. The fraction of sp³-hybridized carbons (Fsp3) is 0.333. The minimum absolute atomic E-state index is 0.310. The highest BCUT2D eigenvalue weighted by Gasteiger charge is 2.14. The number of benzene rings is 1. The Morgan fingerprint density at radius 3 is 2.44 bits per heavy atom. The number of aryl methyl sites for hydroxylation is 2. The van der Waals surface area contributed by atoms with Crippen molar-refractivity contribution in [2.24, 2.45) is 0 Å². The van der Waals surface area contributed by atoms with E-state index in [1.165, 1.54) is 7.11 Å². The molecule has 0 aliphatic heterocycles. The first-order valence-corrected chi connectivity index (χ1v) is 6.08. The molecule has 0 aliphatic rings. The van der Waals surface area contributed by atoms with Crippen LogP contribution in [0.4, 0.5) is 0 Å². The number of nitrogens with zero attached hydrogens (tertiary/aromatic N) is 1. The summed E-state index contributed by atoms with van der Waals surface area (Å²) in [4.78, 5) is 16.1. The molecule has 1 heterocycles. The molecule has 0 bridgehead atoms. The zero-order valence-electron chi connectivity index (χ0n) is 11.6. The zero-order valence-corrected chi connectivity index (χ0v) is 11.6. The Morgan fingerprint density at radius 1 is 1.17 bits per heavy atom. The highest BCUT2D eigenvalue weighted by atomic mass is 16.5. The third-order valence-corrected chi connectivity index (χ3v) is 2.68. The number of carbonyl (C=O) groups is 1. The summed E-state index contributed by atoms with van der Waals surface area (Å²) in [6.07, 6.45) is 1.71. The molecule has 0 radical (unpaired) electrons. The number of fused-ring (bicyclic) bond motifs is 1. The molecule has 0 unspecified atom stereocenters. The fourth-order valence-corrected chi connectivity index (χ4v) is 1.84. The van der Waals surface area contributed by atoms with Crippen molar-refractivity contribution >= 4 is 16.9 Å². The summed E-state index contributed by atoms with van der Waals surface area (Å²) in [6, 6.07) is 5.80. The summed E-state index contributed by atoms with van der Waals surface area (Å²) in [7, 11) is 1.39. The van der Waals surface area contributed by atoms with Crippen LogP contribution in [-0.2, 0) is 4.74 Å². The first-order valence-electron chi connectivity index (χ1n) is 6.08. The van der Waals surface area contributed by atoms with Crippen LogP contribution in [0.3, 0.4) is 0 Å². The molecular formula is C15H19NO2. The molecule has 2 aromatic rings. The summed E-state index contributed by atoms with van der Waals surface area (Å²) < 4.78 is 4.80. The second kappa shape index (κ2) is 6.15. The van der Waals surface area contributed by atoms with Gasteiger partial charge in [0.1, 0.15) is 0 Å².